The van der Waals surface area contributed by atoms with Crippen LogP contribution in [0.25, 0.3) is 0 Å². The van der Waals surface area contributed by atoms with E-state index in [-0.39, 0.29) is 0 Å². The number of halogens is 2. The first-order chi connectivity index (χ1) is 6.72. The molecule has 0 bridgehead atoms. The third-order valence-corrected chi connectivity index (χ3v) is 4.21. The van der Waals surface area contributed by atoms with E-state index in [9.17, 15) is 0 Å². The topological polar surface area (TPSA) is 3.24 Å². The zero-order valence-corrected chi connectivity index (χ0v) is 12.3. The van der Waals surface area contributed by atoms with Gasteiger partial charge < -0.3 is 4.90 Å². The van der Waals surface area contributed by atoms with Gasteiger partial charge in [-0.1, -0.05) is 15.9 Å². The summed E-state index contributed by atoms with van der Waals surface area (Å²) in [6.45, 7) is 2.25. The highest BCUT2D eigenvalue weighted by molar-refractivity contribution is 9.10. The Morgan fingerprint density at radius 3 is 2.79 bits per heavy atom. The lowest BCUT2D eigenvalue weighted by molar-refractivity contribution is 0.324. The van der Waals surface area contributed by atoms with E-state index in [1.54, 1.807) is 0 Å². The zero-order chi connectivity index (χ0) is 10.4. The third-order valence-electron chi connectivity index (χ3n) is 1.97. The minimum atomic E-state index is 1.07. The van der Waals surface area contributed by atoms with Gasteiger partial charge in [0.25, 0.3) is 0 Å². The molecule has 0 unspecified atom stereocenters. The molecule has 0 aliphatic rings. The van der Waals surface area contributed by atoms with Crippen molar-refractivity contribution < 1.29 is 0 Å². The molecular weight excluding hydrogens is 326 g/mol. The smallest absolute Gasteiger partial charge is 0.0325 e. The van der Waals surface area contributed by atoms with Crippen LogP contribution in [0.15, 0.2) is 15.9 Å². The van der Waals surface area contributed by atoms with Crippen molar-refractivity contribution in [2.24, 2.45) is 0 Å². The van der Waals surface area contributed by atoms with Gasteiger partial charge in [-0.25, -0.2) is 0 Å². The van der Waals surface area contributed by atoms with E-state index < -0.39 is 0 Å². The Morgan fingerprint density at radius 1 is 1.43 bits per heavy atom. The Labute approximate surface area is 107 Å². The summed E-state index contributed by atoms with van der Waals surface area (Å²) in [6.07, 6.45) is 2.53. The van der Waals surface area contributed by atoms with Crippen LogP contribution >= 0.6 is 43.2 Å². The van der Waals surface area contributed by atoms with Crippen molar-refractivity contribution in [3.8, 4) is 0 Å². The highest BCUT2D eigenvalue weighted by atomic mass is 79.9. The second-order valence-electron chi connectivity index (χ2n) is 3.37. The standard InChI is InChI=1S/C10H15Br2NS/c1-13(5-3-2-4-11)7-10-6-9(12)8-14-10/h6,8H,2-5,7H2,1H3. The van der Waals surface area contributed by atoms with Gasteiger partial charge in [-0.3, -0.25) is 0 Å². The predicted molar refractivity (Wildman–Crippen MR) is 71.4 cm³/mol. The molecule has 1 rings (SSSR count). The van der Waals surface area contributed by atoms with Crippen LogP contribution in [0.4, 0.5) is 0 Å². The molecule has 0 amide bonds. The summed E-state index contributed by atoms with van der Waals surface area (Å²) in [7, 11) is 2.18. The van der Waals surface area contributed by atoms with Crippen molar-refractivity contribution >= 4 is 43.2 Å². The molecule has 4 heteroatoms. The fourth-order valence-electron chi connectivity index (χ4n) is 1.26. The summed E-state index contributed by atoms with van der Waals surface area (Å²) in [6, 6.07) is 2.20. The molecule has 0 aliphatic heterocycles. The van der Waals surface area contributed by atoms with E-state index in [2.05, 4.69) is 55.3 Å². The average molecular weight is 341 g/mol. The normalized spacial score (nSPS) is 11.1. The predicted octanol–water partition coefficient (Wildman–Crippen LogP) is 4.12. The van der Waals surface area contributed by atoms with Crippen LogP contribution < -0.4 is 0 Å². The Hall–Kier alpha value is 0.620. The molecule has 14 heavy (non-hydrogen) atoms. The molecule has 80 valence electrons. The van der Waals surface area contributed by atoms with Crippen molar-refractivity contribution in [3.63, 3.8) is 0 Å². The van der Waals surface area contributed by atoms with Crippen LogP contribution in [-0.2, 0) is 6.54 Å². The van der Waals surface area contributed by atoms with Gasteiger partial charge in [-0.2, -0.15) is 0 Å². The van der Waals surface area contributed by atoms with E-state index in [0.717, 1.165) is 11.9 Å². The van der Waals surface area contributed by atoms with Gasteiger partial charge in [0.2, 0.25) is 0 Å². The second-order valence-corrected chi connectivity index (χ2v) is 6.07. The summed E-state index contributed by atoms with van der Waals surface area (Å²) in [5, 5.41) is 3.26. The number of thiophene rings is 1. The summed E-state index contributed by atoms with van der Waals surface area (Å²) in [5.74, 6) is 0. The van der Waals surface area contributed by atoms with Gasteiger partial charge in [0.05, 0.1) is 0 Å². The maximum absolute atomic E-state index is 3.47. The molecule has 1 aromatic heterocycles. The van der Waals surface area contributed by atoms with Gasteiger partial charge >= 0.3 is 0 Å². The molecule has 1 aromatic rings. The van der Waals surface area contributed by atoms with Crippen molar-refractivity contribution in [3.05, 3.63) is 20.8 Å². The highest BCUT2D eigenvalue weighted by Gasteiger charge is 2.02. The number of unbranched alkanes of at least 4 members (excludes halogenated alkanes) is 1. The van der Waals surface area contributed by atoms with Gasteiger partial charge in [-0.05, 0) is 48.4 Å². The van der Waals surface area contributed by atoms with Crippen LogP contribution in [-0.4, -0.2) is 23.8 Å². The van der Waals surface area contributed by atoms with Crippen molar-refractivity contribution in [2.75, 3.05) is 18.9 Å². The Balaban J connectivity index is 2.23. The van der Waals surface area contributed by atoms with E-state index in [4.69, 9.17) is 0 Å². The number of hydrogen-bond donors (Lipinski definition) is 0. The van der Waals surface area contributed by atoms with E-state index in [1.807, 2.05) is 11.3 Å². The molecule has 0 radical (unpaired) electrons. The summed E-state index contributed by atoms with van der Waals surface area (Å²) >= 11 is 8.74. The molecule has 1 nitrogen and oxygen atoms in total. The molecule has 0 aromatic carbocycles. The van der Waals surface area contributed by atoms with Gasteiger partial charge in [-0.15, -0.1) is 11.3 Å². The fraction of sp³-hybridized carbons (Fsp3) is 0.600. The molecule has 1 heterocycles. The molecular formula is C10H15Br2NS. The van der Waals surface area contributed by atoms with Crippen LogP contribution in [0.1, 0.15) is 17.7 Å². The second kappa shape index (κ2) is 6.99. The van der Waals surface area contributed by atoms with Gasteiger partial charge in [0, 0.05) is 26.6 Å². The largest absolute Gasteiger partial charge is 0.301 e. The quantitative estimate of drug-likeness (QED) is 0.556. The monoisotopic (exact) mass is 339 g/mol. The van der Waals surface area contributed by atoms with Gasteiger partial charge in [0.15, 0.2) is 0 Å². The van der Waals surface area contributed by atoms with Crippen molar-refractivity contribution in [1.82, 2.24) is 4.90 Å². The molecule has 0 spiro atoms. The number of nitrogens with zero attached hydrogens (tertiary/aromatic N) is 1. The first-order valence-electron chi connectivity index (χ1n) is 4.70. The van der Waals surface area contributed by atoms with Crippen LogP contribution in [0.3, 0.4) is 0 Å². The fourth-order valence-corrected chi connectivity index (χ4v) is 3.18. The molecule has 0 saturated heterocycles. The summed E-state index contributed by atoms with van der Waals surface area (Å²) < 4.78 is 1.20. The summed E-state index contributed by atoms with van der Waals surface area (Å²) in [5.41, 5.74) is 0. The lowest BCUT2D eigenvalue weighted by Crippen LogP contribution is -2.18. The lowest BCUT2D eigenvalue weighted by atomic mass is 10.3. The maximum Gasteiger partial charge on any atom is 0.0325 e. The molecule has 0 fully saturated rings. The minimum Gasteiger partial charge on any atom is -0.301 e. The van der Waals surface area contributed by atoms with E-state index in [0.29, 0.717) is 0 Å². The van der Waals surface area contributed by atoms with Crippen LogP contribution in [0.5, 0.6) is 0 Å². The van der Waals surface area contributed by atoms with Crippen LogP contribution in [0, 0.1) is 0 Å². The number of alkyl halides is 1. The van der Waals surface area contributed by atoms with Crippen molar-refractivity contribution in [2.45, 2.75) is 19.4 Å². The number of rotatable bonds is 6. The Kier molecular flexibility index (Phi) is 6.33. The van der Waals surface area contributed by atoms with Crippen molar-refractivity contribution in [1.29, 1.82) is 0 Å². The molecule has 0 atom stereocenters. The first kappa shape index (κ1) is 12.7. The minimum absolute atomic E-state index is 1.07. The molecule has 0 saturated carbocycles. The number of hydrogen-bond acceptors (Lipinski definition) is 2. The first-order valence-corrected chi connectivity index (χ1v) is 7.49. The SMILES string of the molecule is CN(CCCCBr)Cc1cc(Br)cs1. The zero-order valence-electron chi connectivity index (χ0n) is 8.30. The van der Waals surface area contributed by atoms with Gasteiger partial charge in [0.1, 0.15) is 0 Å². The Morgan fingerprint density at radius 2 is 2.21 bits per heavy atom. The Bertz CT molecular complexity index is 262. The average Bonchev–Trinajstić information content (AvgIpc) is 2.52. The molecule has 0 N–H and O–H groups in total. The van der Waals surface area contributed by atoms with E-state index in [1.165, 1.54) is 28.7 Å². The highest BCUT2D eigenvalue weighted by Crippen LogP contribution is 2.20. The summed E-state index contributed by atoms with van der Waals surface area (Å²) in [4.78, 5) is 3.80. The van der Waals surface area contributed by atoms with Crippen LogP contribution in [0.2, 0.25) is 0 Å². The maximum atomic E-state index is 3.47. The molecule has 0 aliphatic carbocycles. The lowest BCUT2D eigenvalue weighted by Gasteiger charge is -2.14. The third kappa shape index (κ3) is 4.91. The van der Waals surface area contributed by atoms with E-state index >= 15 is 0 Å².